The van der Waals surface area contributed by atoms with Gasteiger partial charge < -0.3 is 10.2 Å². The van der Waals surface area contributed by atoms with Gasteiger partial charge in [0.25, 0.3) is 0 Å². The Bertz CT molecular complexity index is 633. The average molecular weight is 319 g/mol. The van der Waals surface area contributed by atoms with E-state index in [1.165, 1.54) is 0 Å². The molecular weight excluding hydrogens is 298 g/mol. The quantitative estimate of drug-likeness (QED) is 0.890. The van der Waals surface area contributed by atoms with Crippen molar-refractivity contribution >= 4 is 33.4 Å². The number of hydrogen-bond acceptors (Lipinski definition) is 4. The first-order valence-electron chi connectivity index (χ1n) is 7.34. The third-order valence-corrected chi connectivity index (χ3v) is 4.55. The minimum absolute atomic E-state index is 0.00913. The van der Waals surface area contributed by atoms with Crippen LogP contribution in [-0.4, -0.2) is 34.8 Å². The van der Waals surface area contributed by atoms with E-state index in [9.17, 15) is 9.59 Å². The van der Waals surface area contributed by atoms with Crippen molar-refractivity contribution < 1.29 is 9.59 Å². The lowest BCUT2D eigenvalue weighted by Gasteiger charge is -2.21. The number of para-hydroxylation sites is 1. The van der Waals surface area contributed by atoms with E-state index in [0.29, 0.717) is 6.54 Å². The largest absolute Gasteiger partial charge is 0.350 e. The number of fused-ring (bicyclic) bond motifs is 1. The van der Waals surface area contributed by atoms with Crippen LogP contribution in [0.25, 0.3) is 10.2 Å². The van der Waals surface area contributed by atoms with Crippen LogP contribution in [-0.2, 0) is 16.1 Å². The molecule has 6 heteroatoms. The highest BCUT2D eigenvalue weighted by molar-refractivity contribution is 7.18. The number of rotatable bonds is 6. The summed E-state index contributed by atoms with van der Waals surface area (Å²) in [7, 11) is 1.76. The van der Waals surface area contributed by atoms with Crippen molar-refractivity contribution in [2.45, 2.75) is 39.3 Å². The zero-order valence-electron chi connectivity index (χ0n) is 13.1. The third kappa shape index (κ3) is 4.27. The summed E-state index contributed by atoms with van der Waals surface area (Å²) < 4.78 is 1.11. The summed E-state index contributed by atoms with van der Waals surface area (Å²) >= 11 is 1.57. The van der Waals surface area contributed by atoms with Gasteiger partial charge in [0.2, 0.25) is 11.8 Å². The molecule has 1 heterocycles. The predicted molar refractivity (Wildman–Crippen MR) is 88.6 cm³/mol. The van der Waals surface area contributed by atoms with Crippen LogP contribution < -0.4 is 5.32 Å². The molecule has 2 aromatic rings. The number of nitrogens with zero attached hydrogens (tertiary/aromatic N) is 2. The van der Waals surface area contributed by atoms with Gasteiger partial charge in [-0.15, -0.1) is 11.3 Å². The van der Waals surface area contributed by atoms with Crippen molar-refractivity contribution in [2.75, 3.05) is 7.05 Å². The highest BCUT2D eigenvalue weighted by Crippen LogP contribution is 2.21. The molecule has 0 aliphatic rings. The second-order valence-corrected chi connectivity index (χ2v) is 6.57. The lowest BCUT2D eigenvalue weighted by atomic mass is 10.2. The number of thiazole rings is 1. The minimum atomic E-state index is -0.121. The zero-order chi connectivity index (χ0) is 16.1. The molecule has 0 radical (unpaired) electrons. The molecule has 1 N–H and O–H groups in total. The third-order valence-electron chi connectivity index (χ3n) is 3.51. The standard InChI is InChI=1S/C16H21N3O2S/c1-11(2)19(3)16(21)9-8-14(20)17-10-15-18-12-6-4-5-7-13(12)22-15/h4-7,11H,8-10H2,1-3H3,(H,17,20). The van der Waals surface area contributed by atoms with Crippen molar-refractivity contribution in [1.29, 1.82) is 0 Å². The van der Waals surface area contributed by atoms with Gasteiger partial charge >= 0.3 is 0 Å². The normalized spacial score (nSPS) is 10.9. The van der Waals surface area contributed by atoms with Gasteiger partial charge in [0, 0.05) is 25.9 Å². The second kappa shape index (κ2) is 7.35. The number of nitrogens with one attached hydrogen (secondary N) is 1. The minimum Gasteiger partial charge on any atom is -0.350 e. The molecule has 5 nitrogen and oxygen atoms in total. The highest BCUT2D eigenvalue weighted by atomic mass is 32.1. The molecular formula is C16H21N3O2S. The fourth-order valence-electron chi connectivity index (χ4n) is 1.94. The van der Waals surface area contributed by atoms with Gasteiger partial charge in [-0.3, -0.25) is 9.59 Å². The Labute approximate surface area is 134 Å². The first kappa shape index (κ1) is 16.4. The molecule has 2 rings (SSSR count). The number of amides is 2. The van der Waals surface area contributed by atoms with Crippen LogP contribution >= 0.6 is 11.3 Å². The van der Waals surface area contributed by atoms with Gasteiger partial charge in [0.1, 0.15) is 5.01 Å². The number of benzene rings is 1. The summed E-state index contributed by atoms with van der Waals surface area (Å²) in [6.45, 7) is 4.31. The van der Waals surface area contributed by atoms with Crippen molar-refractivity contribution in [3.8, 4) is 0 Å². The average Bonchev–Trinajstić information content (AvgIpc) is 2.92. The van der Waals surface area contributed by atoms with Crippen LogP contribution in [0.3, 0.4) is 0 Å². The summed E-state index contributed by atoms with van der Waals surface area (Å²) in [5, 5.41) is 3.70. The lowest BCUT2D eigenvalue weighted by Crippen LogP contribution is -2.34. The van der Waals surface area contributed by atoms with E-state index in [1.54, 1.807) is 23.3 Å². The summed E-state index contributed by atoms with van der Waals surface area (Å²) in [5.41, 5.74) is 0.950. The molecule has 1 aromatic heterocycles. The van der Waals surface area contributed by atoms with E-state index in [2.05, 4.69) is 10.3 Å². The van der Waals surface area contributed by atoms with Gasteiger partial charge in [0.05, 0.1) is 16.8 Å². The van der Waals surface area contributed by atoms with Gasteiger partial charge in [0.15, 0.2) is 0 Å². The molecule has 0 spiro atoms. The van der Waals surface area contributed by atoms with E-state index in [1.807, 2.05) is 38.1 Å². The maximum Gasteiger partial charge on any atom is 0.223 e. The molecule has 0 aliphatic carbocycles. The van der Waals surface area contributed by atoms with E-state index in [-0.39, 0.29) is 30.7 Å². The summed E-state index contributed by atoms with van der Waals surface area (Å²) in [6.07, 6.45) is 0.446. The lowest BCUT2D eigenvalue weighted by molar-refractivity contribution is -0.133. The monoisotopic (exact) mass is 319 g/mol. The predicted octanol–water partition coefficient (Wildman–Crippen LogP) is 2.56. The van der Waals surface area contributed by atoms with E-state index < -0.39 is 0 Å². The maximum absolute atomic E-state index is 11.8. The van der Waals surface area contributed by atoms with Gasteiger partial charge in [-0.25, -0.2) is 4.98 Å². The second-order valence-electron chi connectivity index (χ2n) is 5.45. The van der Waals surface area contributed by atoms with Crippen molar-refractivity contribution in [3.63, 3.8) is 0 Å². The Hall–Kier alpha value is -1.95. The first-order chi connectivity index (χ1) is 10.5. The van der Waals surface area contributed by atoms with Crippen LogP contribution in [0.1, 0.15) is 31.7 Å². The molecule has 0 saturated carbocycles. The SMILES string of the molecule is CC(C)N(C)C(=O)CCC(=O)NCc1nc2ccccc2s1. The van der Waals surface area contributed by atoms with Crippen molar-refractivity contribution in [3.05, 3.63) is 29.3 Å². The molecule has 22 heavy (non-hydrogen) atoms. The molecule has 0 bridgehead atoms. The van der Waals surface area contributed by atoms with Gasteiger partial charge in [-0.2, -0.15) is 0 Å². The van der Waals surface area contributed by atoms with Crippen molar-refractivity contribution in [2.24, 2.45) is 0 Å². The smallest absolute Gasteiger partial charge is 0.223 e. The van der Waals surface area contributed by atoms with E-state index in [4.69, 9.17) is 0 Å². The maximum atomic E-state index is 11.8. The van der Waals surface area contributed by atoms with Crippen molar-refractivity contribution in [1.82, 2.24) is 15.2 Å². The topological polar surface area (TPSA) is 62.3 Å². The number of carbonyl (C=O) groups excluding carboxylic acids is 2. The molecule has 1 aromatic carbocycles. The van der Waals surface area contributed by atoms with Crippen LogP contribution in [0.4, 0.5) is 0 Å². The molecule has 0 unspecified atom stereocenters. The Morgan fingerprint density at radius 1 is 1.27 bits per heavy atom. The summed E-state index contributed by atoms with van der Waals surface area (Å²) in [6, 6.07) is 8.04. The number of hydrogen-bond donors (Lipinski definition) is 1. The molecule has 0 aliphatic heterocycles. The molecule has 118 valence electrons. The first-order valence-corrected chi connectivity index (χ1v) is 8.16. The number of carbonyl (C=O) groups is 2. The van der Waals surface area contributed by atoms with Gasteiger partial charge in [-0.1, -0.05) is 12.1 Å². The zero-order valence-corrected chi connectivity index (χ0v) is 13.9. The number of aromatic nitrogens is 1. The van der Waals surface area contributed by atoms with Crippen LogP contribution in [0.5, 0.6) is 0 Å². The fraction of sp³-hybridized carbons (Fsp3) is 0.438. The Morgan fingerprint density at radius 2 is 2.00 bits per heavy atom. The molecule has 0 atom stereocenters. The van der Waals surface area contributed by atoms with Crippen LogP contribution in [0, 0.1) is 0 Å². The summed E-state index contributed by atoms with van der Waals surface area (Å²) in [5.74, 6) is -0.130. The van der Waals surface area contributed by atoms with E-state index >= 15 is 0 Å². The van der Waals surface area contributed by atoms with E-state index in [0.717, 1.165) is 15.2 Å². The Kier molecular flexibility index (Phi) is 5.49. The fourth-order valence-corrected chi connectivity index (χ4v) is 2.85. The molecule has 0 fully saturated rings. The van der Waals surface area contributed by atoms with Crippen LogP contribution in [0.2, 0.25) is 0 Å². The Balaban J connectivity index is 1.79. The van der Waals surface area contributed by atoms with Crippen LogP contribution in [0.15, 0.2) is 24.3 Å². The molecule has 2 amide bonds. The summed E-state index contributed by atoms with van der Waals surface area (Å²) in [4.78, 5) is 29.8. The highest BCUT2D eigenvalue weighted by Gasteiger charge is 2.13. The molecule has 0 saturated heterocycles. The Morgan fingerprint density at radius 3 is 2.68 bits per heavy atom. The van der Waals surface area contributed by atoms with Gasteiger partial charge in [-0.05, 0) is 26.0 Å².